The van der Waals surface area contributed by atoms with Crippen LogP contribution in [-0.2, 0) is 4.74 Å². The number of benzene rings is 1. The molecule has 148 valence electrons. The molecule has 1 atom stereocenters. The van der Waals surface area contributed by atoms with Crippen LogP contribution in [0.1, 0.15) is 43.4 Å². The molecule has 1 aliphatic rings. The summed E-state index contributed by atoms with van der Waals surface area (Å²) in [4.78, 5) is 0. The fourth-order valence-corrected chi connectivity index (χ4v) is 3.23. The molecular formula is C22H28F3NO. The Morgan fingerprint density at radius 2 is 1.93 bits per heavy atom. The maximum Gasteiger partial charge on any atom is 0.412 e. The molecule has 1 aliphatic heterocycles. The summed E-state index contributed by atoms with van der Waals surface area (Å²) < 4.78 is 44.3. The van der Waals surface area contributed by atoms with Crippen LogP contribution in [0.5, 0.6) is 0 Å². The minimum atomic E-state index is -4.34. The van der Waals surface area contributed by atoms with Gasteiger partial charge in [0.1, 0.15) is 11.9 Å². The largest absolute Gasteiger partial charge is 0.486 e. The molecule has 0 aromatic heterocycles. The zero-order chi connectivity index (χ0) is 19.9. The van der Waals surface area contributed by atoms with E-state index in [4.69, 9.17) is 4.74 Å². The Morgan fingerprint density at radius 3 is 2.52 bits per heavy atom. The van der Waals surface area contributed by atoms with Gasteiger partial charge in [0.05, 0.1) is 0 Å². The molecule has 0 bridgehead atoms. The van der Waals surface area contributed by atoms with Crippen molar-refractivity contribution < 1.29 is 17.9 Å². The van der Waals surface area contributed by atoms with Crippen LogP contribution in [0.15, 0.2) is 60.4 Å². The third kappa shape index (κ3) is 6.58. The van der Waals surface area contributed by atoms with Crippen molar-refractivity contribution >= 4 is 0 Å². The topological polar surface area (TPSA) is 21.3 Å². The van der Waals surface area contributed by atoms with Crippen molar-refractivity contribution in [1.82, 2.24) is 5.32 Å². The van der Waals surface area contributed by atoms with Crippen LogP contribution in [0.3, 0.4) is 0 Å². The molecule has 1 heterocycles. The van der Waals surface area contributed by atoms with Crippen molar-refractivity contribution in [3.8, 4) is 0 Å². The van der Waals surface area contributed by atoms with Crippen molar-refractivity contribution in [2.24, 2.45) is 5.92 Å². The summed E-state index contributed by atoms with van der Waals surface area (Å²) in [7, 11) is 0. The monoisotopic (exact) mass is 379 g/mol. The Morgan fingerprint density at radius 1 is 1.26 bits per heavy atom. The predicted octanol–water partition coefficient (Wildman–Crippen LogP) is 6.02. The van der Waals surface area contributed by atoms with Gasteiger partial charge in [0.2, 0.25) is 0 Å². The van der Waals surface area contributed by atoms with Crippen molar-refractivity contribution in [1.29, 1.82) is 0 Å². The van der Waals surface area contributed by atoms with Gasteiger partial charge in [-0.3, -0.25) is 0 Å². The van der Waals surface area contributed by atoms with Crippen molar-refractivity contribution in [3.05, 3.63) is 71.5 Å². The van der Waals surface area contributed by atoms with E-state index in [1.807, 2.05) is 31.2 Å². The lowest BCUT2D eigenvalue weighted by atomic mass is 9.88. The number of nitrogens with one attached hydrogen (secondary N) is 1. The number of allylic oxidation sites excluding steroid dienone is 4. The van der Waals surface area contributed by atoms with Crippen LogP contribution >= 0.6 is 0 Å². The van der Waals surface area contributed by atoms with Crippen molar-refractivity contribution in [2.75, 3.05) is 13.1 Å². The summed E-state index contributed by atoms with van der Waals surface area (Å²) in [6.07, 6.45) is 2.29. The predicted molar refractivity (Wildman–Crippen MR) is 103 cm³/mol. The van der Waals surface area contributed by atoms with Gasteiger partial charge in [-0.05, 0) is 75.4 Å². The number of halogens is 3. The maximum absolute atomic E-state index is 12.7. The molecule has 5 heteroatoms. The molecule has 1 fully saturated rings. The first-order chi connectivity index (χ1) is 12.8. The molecule has 0 radical (unpaired) electrons. The fraction of sp³-hybridized carbons (Fsp3) is 0.455. The SMILES string of the molecule is C=C/C(=C\C=C(/C)C(F)(F)F)OC(CC1CCNCC1)c1ccccc1C. The highest BCUT2D eigenvalue weighted by molar-refractivity contribution is 5.29. The van der Waals surface area contributed by atoms with E-state index in [9.17, 15) is 13.2 Å². The first-order valence-electron chi connectivity index (χ1n) is 9.32. The quantitative estimate of drug-likeness (QED) is 0.462. The van der Waals surface area contributed by atoms with Gasteiger partial charge in [0.15, 0.2) is 0 Å². The van der Waals surface area contributed by atoms with Gasteiger partial charge >= 0.3 is 6.18 Å². The van der Waals surface area contributed by atoms with E-state index in [-0.39, 0.29) is 6.10 Å². The smallest absolute Gasteiger partial charge is 0.412 e. The molecule has 1 unspecified atom stereocenters. The molecule has 1 N–H and O–H groups in total. The van der Waals surface area contributed by atoms with Gasteiger partial charge in [-0.25, -0.2) is 0 Å². The average Bonchev–Trinajstić information content (AvgIpc) is 2.64. The second-order valence-electron chi connectivity index (χ2n) is 7.01. The van der Waals surface area contributed by atoms with Gasteiger partial charge in [0.25, 0.3) is 0 Å². The molecule has 2 nitrogen and oxygen atoms in total. The highest BCUT2D eigenvalue weighted by Crippen LogP contribution is 2.33. The summed E-state index contributed by atoms with van der Waals surface area (Å²) in [6, 6.07) is 7.99. The first-order valence-corrected chi connectivity index (χ1v) is 9.32. The molecule has 1 aromatic carbocycles. The standard InChI is InChI=1S/C22H28F3NO/c1-4-19(10-9-17(3)22(23,24)25)27-21(15-18-11-13-26-14-12-18)20-8-6-5-7-16(20)2/h4-10,18,21,26H,1,11-15H2,2-3H3/b17-9+,19-10+. The molecular weight excluding hydrogens is 351 g/mol. The summed E-state index contributed by atoms with van der Waals surface area (Å²) in [5.41, 5.74) is 1.51. The van der Waals surface area contributed by atoms with Crippen LogP contribution in [0.4, 0.5) is 13.2 Å². The number of alkyl halides is 3. The minimum absolute atomic E-state index is 0.210. The third-order valence-corrected chi connectivity index (χ3v) is 4.97. The Labute approximate surface area is 159 Å². The maximum atomic E-state index is 12.7. The zero-order valence-corrected chi connectivity index (χ0v) is 16.0. The lowest BCUT2D eigenvalue weighted by Gasteiger charge is -2.29. The third-order valence-electron chi connectivity index (χ3n) is 4.97. The highest BCUT2D eigenvalue weighted by atomic mass is 19.4. The van der Waals surface area contributed by atoms with E-state index in [0.29, 0.717) is 11.7 Å². The Bertz CT molecular complexity index is 685. The summed E-state index contributed by atoms with van der Waals surface area (Å²) in [6.45, 7) is 8.75. The van der Waals surface area contributed by atoms with E-state index in [1.165, 1.54) is 12.2 Å². The van der Waals surface area contributed by atoms with Gasteiger partial charge in [-0.2, -0.15) is 13.2 Å². The van der Waals surface area contributed by atoms with Gasteiger partial charge in [0, 0.05) is 5.57 Å². The van der Waals surface area contributed by atoms with Gasteiger partial charge < -0.3 is 10.1 Å². The minimum Gasteiger partial charge on any atom is -0.486 e. The first kappa shape index (κ1) is 21.3. The second-order valence-corrected chi connectivity index (χ2v) is 7.01. The molecule has 0 spiro atoms. The summed E-state index contributed by atoms with van der Waals surface area (Å²) in [5.74, 6) is 0.871. The summed E-state index contributed by atoms with van der Waals surface area (Å²) in [5, 5.41) is 3.36. The molecule has 27 heavy (non-hydrogen) atoms. The van der Waals surface area contributed by atoms with Crippen molar-refractivity contribution in [2.45, 2.75) is 45.4 Å². The number of rotatable bonds is 7. The van der Waals surface area contributed by atoms with Crippen LogP contribution < -0.4 is 5.32 Å². The lowest BCUT2D eigenvalue weighted by Crippen LogP contribution is -2.29. The molecule has 2 rings (SSSR count). The highest BCUT2D eigenvalue weighted by Gasteiger charge is 2.29. The molecule has 0 aliphatic carbocycles. The van der Waals surface area contributed by atoms with Crippen LogP contribution in [-0.4, -0.2) is 19.3 Å². The number of hydrogen-bond acceptors (Lipinski definition) is 2. The molecule has 0 amide bonds. The van der Waals surface area contributed by atoms with E-state index in [2.05, 4.69) is 11.9 Å². The number of piperidine rings is 1. The summed E-state index contributed by atoms with van der Waals surface area (Å²) >= 11 is 0. The van der Waals surface area contributed by atoms with E-state index in [0.717, 1.165) is 56.5 Å². The van der Waals surface area contributed by atoms with Crippen LogP contribution in [0.25, 0.3) is 0 Å². The van der Waals surface area contributed by atoms with E-state index >= 15 is 0 Å². The van der Waals surface area contributed by atoms with E-state index in [1.54, 1.807) is 0 Å². The number of hydrogen-bond donors (Lipinski definition) is 1. The second kappa shape index (κ2) is 9.79. The average molecular weight is 379 g/mol. The fourth-order valence-electron chi connectivity index (χ4n) is 3.23. The number of ether oxygens (including phenoxy) is 1. The van der Waals surface area contributed by atoms with Gasteiger partial charge in [-0.1, -0.05) is 36.9 Å². The normalized spacial score (nSPS) is 18.3. The van der Waals surface area contributed by atoms with E-state index < -0.39 is 11.7 Å². The Kier molecular flexibility index (Phi) is 7.72. The Balaban J connectivity index is 2.23. The van der Waals surface area contributed by atoms with Gasteiger partial charge in [-0.15, -0.1) is 0 Å². The Hall–Kier alpha value is -2.01. The molecule has 1 aromatic rings. The lowest BCUT2D eigenvalue weighted by molar-refractivity contribution is -0.0913. The zero-order valence-electron chi connectivity index (χ0n) is 16.0. The molecule has 0 saturated carbocycles. The number of aryl methyl sites for hydroxylation is 1. The van der Waals surface area contributed by atoms with Crippen LogP contribution in [0, 0.1) is 12.8 Å². The van der Waals surface area contributed by atoms with Crippen LogP contribution in [0.2, 0.25) is 0 Å². The molecule has 1 saturated heterocycles. The van der Waals surface area contributed by atoms with Crippen molar-refractivity contribution in [3.63, 3.8) is 0 Å².